The Labute approximate surface area is 248 Å². The molecule has 1 aromatic carbocycles. The highest BCUT2D eigenvalue weighted by atomic mass is 16.6. The van der Waals surface area contributed by atoms with E-state index in [0.717, 1.165) is 25.7 Å². The van der Waals surface area contributed by atoms with Crippen LogP contribution in [0.4, 0.5) is 0 Å². The maximum atomic E-state index is 12.3. The van der Waals surface area contributed by atoms with Crippen LogP contribution in [0.5, 0.6) is 11.5 Å². The van der Waals surface area contributed by atoms with Crippen molar-refractivity contribution < 1.29 is 33.6 Å². The van der Waals surface area contributed by atoms with Gasteiger partial charge in [-0.1, -0.05) is 109 Å². The maximum Gasteiger partial charge on any atom is 0.330 e. The van der Waals surface area contributed by atoms with Gasteiger partial charge in [0.15, 0.2) is 11.5 Å². The van der Waals surface area contributed by atoms with Crippen molar-refractivity contribution in [1.82, 2.24) is 0 Å². The van der Waals surface area contributed by atoms with Crippen molar-refractivity contribution in [2.24, 2.45) is 0 Å². The first-order chi connectivity index (χ1) is 20.1. The second-order valence-corrected chi connectivity index (χ2v) is 11.2. The lowest BCUT2D eigenvalue weighted by Gasteiger charge is -2.18. The van der Waals surface area contributed by atoms with Crippen LogP contribution in [0.3, 0.4) is 0 Å². The summed E-state index contributed by atoms with van der Waals surface area (Å²) in [6, 6.07) is 4.80. The van der Waals surface area contributed by atoms with Crippen LogP contribution in [0.15, 0.2) is 24.3 Å². The fourth-order valence-corrected chi connectivity index (χ4v) is 5.04. The summed E-state index contributed by atoms with van der Waals surface area (Å²) in [5, 5.41) is 9.73. The molecule has 0 bridgehead atoms. The van der Waals surface area contributed by atoms with E-state index in [0.29, 0.717) is 24.3 Å². The van der Waals surface area contributed by atoms with E-state index >= 15 is 0 Å². The predicted octanol–water partition coefficient (Wildman–Crippen LogP) is 8.31. The normalized spacial score (nSPS) is 20.8. The number of methoxy groups -OCH3 is 1. The van der Waals surface area contributed by atoms with Gasteiger partial charge in [0, 0.05) is 19.1 Å². The van der Waals surface area contributed by atoms with Gasteiger partial charge in [-0.2, -0.15) is 0 Å². The maximum absolute atomic E-state index is 12.3. The number of esters is 2. The van der Waals surface area contributed by atoms with Gasteiger partial charge in [-0.25, -0.2) is 4.79 Å². The number of hydrogen-bond donors (Lipinski definition) is 1. The summed E-state index contributed by atoms with van der Waals surface area (Å²) in [4.78, 5) is 24.7. The highest BCUT2D eigenvalue weighted by Crippen LogP contribution is 2.26. The molecule has 7 heteroatoms. The number of rotatable bonds is 5. The molecule has 0 unspecified atom stereocenters. The second-order valence-electron chi connectivity index (χ2n) is 11.2. The fourth-order valence-electron chi connectivity index (χ4n) is 5.04. The van der Waals surface area contributed by atoms with E-state index in [4.69, 9.17) is 18.9 Å². The first-order valence-corrected chi connectivity index (χ1v) is 16.1. The van der Waals surface area contributed by atoms with E-state index in [1.54, 1.807) is 18.2 Å². The molecule has 2 rings (SSSR count). The molecule has 0 amide bonds. The van der Waals surface area contributed by atoms with Crippen molar-refractivity contribution >= 4 is 18.0 Å². The molecule has 0 spiro atoms. The van der Waals surface area contributed by atoms with Crippen LogP contribution in [0, 0.1) is 0 Å². The van der Waals surface area contributed by atoms with Gasteiger partial charge < -0.3 is 24.1 Å². The standard InChI is InChI=1S/C34H54O7/c1-38-32-26-29(21-23-31(32)35)22-24-34(37)41-28-30-27-40-33(36)20-18-16-14-12-10-8-6-4-2-3-5-7-9-11-13-15-17-19-25-39-30/h21-24,26,30,35H,2-20,25,27-28H2,1H3/t30-/m1/s1. The molecule has 0 aromatic heterocycles. The van der Waals surface area contributed by atoms with Gasteiger partial charge in [-0.3, -0.25) is 4.79 Å². The second kappa shape index (κ2) is 23.1. The highest BCUT2D eigenvalue weighted by molar-refractivity contribution is 5.87. The van der Waals surface area contributed by atoms with E-state index in [9.17, 15) is 14.7 Å². The number of carbonyl (C=O) groups is 2. The summed E-state index contributed by atoms with van der Waals surface area (Å²) < 4.78 is 22.0. The Hall–Kier alpha value is -2.54. The van der Waals surface area contributed by atoms with Crippen molar-refractivity contribution in [3.05, 3.63) is 29.8 Å². The van der Waals surface area contributed by atoms with Crippen LogP contribution in [0.25, 0.3) is 6.08 Å². The summed E-state index contributed by atoms with van der Waals surface area (Å²) in [6.07, 6.45) is 25.1. The third-order valence-electron chi connectivity index (χ3n) is 7.59. The lowest BCUT2D eigenvalue weighted by Crippen LogP contribution is -2.28. The number of hydrogen-bond acceptors (Lipinski definition) is 7. The van der Waals surface area contributed by atoms with Crippen LogP contribution in [-0.2, 0) is 23.8 Å². The molecule has 1 aliphatic rings. The number of benzene rings is 1. The summed E-state index contributed by atoms with van der Waals surface area (Å²) >= 11 is 0. The summed E-state index contributed by atoms with van der Waals surface area (Å²) in [7, 11) is 1.47. The van der Waals surface area contributed by atoms with E-state index in [-0.39, 0.29) is 24.9 Å². The molecule has 232 valence electrons. The Morgan fingerprint density at radius 1 is 0.854 bits per heavy atom. The van der Waals surface area contributed by atoms with Gasteiger partial charge >= 0.3 is 11.9 Å². The SMILES string of the molecule is COc1cc(C=CC(=O)OC[C@H]2COC(=O)CCCCCCCCCCCCCCCCCCCCO2)ccc1O. The lowest BCUT2D eigenvalue weighted by atomic mass is 10.0. The zero-order valence-corrected chi connectivity index (χ0v) is 25.4. The molecule has 1 fully saturated rings. The van der Waals surface area contributed by atoms with Crippen LogP contribution in [0.2, 0.25) is 0 Å². The lowest BCUT2D eigenvalue weighted by molar-refractivity contribution is -0.153. The van der Waals surface area contributed by atoms with Gasteiger partial charge in [-0.15, -0.1) is 0 Å². The average Bonchev–Trinajstić information content (AvgIpc) is 2.97. The Balaban J connectivity index is 1.79. The largest absolute Gasteiger partial charge is 0.504 e. The van der Waals surface area contributed by atoms with Gasteiger partial charge in [0.1, 0.15) is 19.3 Å². The number of cyclic esters (lactones) is 1. The molecule has 1 heterocycles. The minimum atomic E-state index is -0.521. The van der Waals surface area contributed by atoms with Gasteiger partial charge in [-0.05, 0) is 36.6 Å². The molecule has 1 aliphatic heterocycles. The number of phenolic OH excluding ortho intramolecular Hbond substituents is 1. The predicted molar refractivity (Wildman–Crippen MR) is 163 cm³/mol. The smallest absolute Gasteiger partial charge is 0.330 e. The number of ether oxygens (including phenoxy) is 4. The van der Waals surface area contributed by atoms with Gasteiger partial charge in [0.25, 0.3) is 0 Å². The molecule has 1 aromatic rings. The topological polar surface area (TPSA) is 91.3 Å². The van der Waals surface area contributed by atoms with Crippen molar-refractivity contribution in [3.63, 3.8) is 0 Å². The monoisotopic (exact) mass is 574 g/mol. The summed E-state index contributed by atoms with van der Waals surface area (Å²) in [6.45, 7) is 0.628. The molecule has 1 atom stereocenters. The van der Waals surface area contributed by atoms with Crippen molar-refractivity contribution in [1.29, 1.82) is 0 Å². The third kappa shape index (κ3) is 17.8. The van der Waals surface area contributed by atoms with Crippen LogP contribution in [0.1, 0.15) is 128 Å². The summed E-state index contributed by atoms with van der Waals surface area (Å²) in [5.74, 6) is -0.391. The Kier molecular flexibility index (Phi) is 19.5. The molecular weight excluding hydrogens is 520 g/mol. The fraction of sp³-hybridized carbons (Fsp3) is 0.706. The summed E-state index contributed by atoms with van der Waals surface area (Å²) in [5.41, 5.74) is 0.692. The van der Waals surface area contributed by atoms with Crippen LogP contribution >= 0.6 is 0 Å². The number of carbonyl (C=O) groups excluding carboxylic acids is 2. The highest BCUT2D eigenvalue weighted by Gasteiger charge is 2.15. The molecule has 0 aliphatic carbocycles. The Bertz CT molecular complexity index is 867. The zero-order chi connectivity index (χ0) is 29.4. The third-order valence-corrected chi connectivity index (χ3v) is 7.59. The van der Waals surface area contributed by atoms with E-state index in [1.165, 1.54) is 109 Å². The quantitative estimate of drug-likeness (QED) is 0.279. The van der Waals surface area contributed by atoms with Crippen LogP contribution < -0.4 is 4.74 Å². The average molecular weight is 575 g/mol. The number of aromatic hydroxyl groups is 1. The van der Waals surface area contributed by atoms with Gasteiger partial charge in [0.05, 0.1) is 7.11 Å². The Morgan fingerprint density at radius 3 is 1.95 bits per heavy atom. The van der Waals surface area contributed by atoms with Gasteiger partial charge in [0.2, 0.25) is 0 Å². The number of phenols is 1. The van der Waals surface area contributed by atoms with Crippen molar-refractivity contribution in [2.75, 3.05) is 26.9 Å². The van der Waals surface area contributed by atoms with E-state index in [2.05, 4.69) is 0 Å². The van der Waals surface area contributed by atoms with E-state index in [1.807, 2.05) is 0 Å². The molecule has 1 saturated heterocycles. The van der Waals surface area contributed by atoms with Crippen molar-refractivity contribution in [2.45, 2.75) is 128 Å². The minimum Gasteiger partial charge on any atom is -0.504 e. The van der Waals surface area contributed by atoms with Crippen LogP contribution in [-0.4, -0.2) is 50.1 Å². The molecule has 0 saturated carbocycles. The first-order valence-electron chi connectivity index (χ1n) is 16.1. The molecule has 0 radical (unpaired) electrons. The first kappa shape index (κ1) is 34.7. The van der Waals surface area contributed by atoms with E-state index < -0.39 is 12.1 Å². The molecular formula is C34H54O7. The molecule has 41 heavy (non-hydrogen) atoms. The molecule has 1 N–H and O–H groups in total. The minimum absolute atomic E-state index is 0.00928. The molecule has 7 nitrogen and oxygen atoms in total. The van der Waals surface area contributed by atoms with Crippen molar-refractivity contribution in [3.8, 4) is 11.5 Å². The Morgan fingerprint density at radius 2 is 1.39 bits per heavy atom. The zero-order valence-electron chi connectivity index (χ0n) is 25.4.